The molecule has 2 aromatic carbocycles. The van der Waals surface area contributed by atoms with Crippen molar-refractivity contribution in [1.82, 2.24) is 4.90 Å². The molecule has 1 atom stereocenters. The lowest BCUT2D eigenvalue weighted by Gasteiger charge is -2.36. The number of nitrogens with one attached hydrogen (secondary N) is 1. The molecule has 1 unspecified atom stereocenters. The first kappa shape index (κ1) is 20.8. The number of ether oxygens (including phenoxy) is 3. The van der Waals surface area contributed by atoms with Crippen LogP contribution in [0.5, 0.6) is 17.2 Å². The van der Waals surface area contributed by atoms with E-state index in [1.54, 1.807) is 21.3 Å². The second kappa shape index (κ2) is 10.0. The van der Waals surface area contributed by atoms with Crippen LogP contribution in [0.4, 0.5) is 10.5 Å². The van der Waals surface area contributed by atoms with Crippen molar-refractivity contribution in [3.05, 3.63) is 48.0 Å². The molecule has 2 aromatic rings. The molecule has 1 aliphatic heterocycles. The maximum atomic E-state index is 12.9. The third kappa shape index (κ3) is 5.34. The Labute approximate surface area is 172 Å². The van der Waals surface area contributed by atoms with Crippen LogP contribution in [-0.2, 0) is 6.42 Å². The third-order valence-electron chi connectivity index (χ3n) is 5.42. The Kier molecular flexibility index (Phi) is 7.22. The maximum absolute atomic E-state index is 12.9. The molecule has 0 aromatic heterocycles. The number of nitrogens with zero attached hydrogens (tertiary/aromatic N) is 1. The fourth-order valence-corrected chi connectivity index (χ4v) is 3.83. The van der Waals surface area contributed by atoms with Crippen molar-refractivity contribution in [3.8, 4) is 17.2 Å². The summed E-state index contributed by atoms with van der Waals surface area (Å²) >= 11 is 0. The number of hydrogen-bond acceptors (Lipinski definition) is 4. The number of piperidine rings is 1. The lowest BCUT2D eigenvalue weighted by atomic mass is 9.96. The molecule has 156 valence electrons. The number of benzene rings is 2. The molecule has 6 heteroatoms. The van der Waals surface area contributed by atoms with Crippen LogP contribution < -0.4 is 19.5 Å². The number of methoxy groups -OCH3 is 3. The average molecular weight is 399 g/mol. The van der Waals surface area contributed by atoms with Crippen LogP contribution in [0.25, 0.3) is 0 Å². The fraction of sp³-hybridized carbons (Fsp3) is 0.435. The molecular formula is C23H30N2O4. The molecule has 2 amide bonds. The summed E-state index contributed by atoms with van der Waals surface area (Å²) in [5.41, 5.74) is 1.93. The zero-order valence-corrected chi connectivity index (χ0v) is 17.4. The van der Waals surface area contributed by atoms with Crippen LogP contribution >= 0.6 is 0 Å². The van der Waals surface area contributed by atoms with Gasteiger partial charge >= 0.3 is 6.03 Å². The Balaban J connectivity index is 1.64. The minimum absolute atomic E-state index is 0.0461. The van der Waals surface area contributed by atoms with Gasteiger partial charge in [-0.3, -0.25) is 0 Å². The zero-order chi connectivity index (χ0) is 20.6. The summed E-state index contributed by atoms with van der Waals surface area (Å²) in [4.78, 5) is 14.9. The van der Waals surface area contributed by atoms with Crippen molar-refractivity contribution in [2.75, 3.05) is 33.2 Å². The molecule has 1 heterocycles. The number of carbonyl (C=O) groups is 1. The molecule has 0 saturated carbocycles. The van der Waals surface area contributed by atoms with E-state index >= 15 is 0 Å². The van der Waals surface area contributed by atoms with Crippen molar-refractivity contribution in [1.29, 1.82) is 0 Å². The minimum Gasteiger partial charge on any atom is -0.497 e. The van der Waals surface area contributed by atoms with Gasteiger partial charge in [0.25, 0.3) is 0 Å². The van der Waals surface area contributed by atoms with E-state index in [1.165, 1.54) is 5.56 Å². The highest BCUT2D eigenvalue weighted by atomic mass is 16.5. The molecule has 1 saturated heterocycles. The van der Waals surface area contributed by atoms with Gasteiger partial charge in [-0.2, -0.15) is 0 Å². The molecule has 0 bridgehead atoms. The van der Waals surface area contributed by atoms with E-state index < -0.39 is 0 Å². The highest BCUT2D eigenvalue weighted by Gasteiger charge is 2.26. The quantitative estimate of drug-likeness (QED) is 0.732. The Morgan fingerprint density at radius 1 is 1.03 bits per heavy atom. The minimum atomic E-state index is -0.0461. The molecular weight excluding hydrogens is 368 g/mol. The number of carbonyl (C=O) groups excluding carboxylic acids is 1. The number of likely N-dealkylation sites (tertiary alicyclic amines) is 1. The lowest BCUT2D eigenvalue weighted by Crippen LogP contribution is -2.46. The average Bonchev–Trinajstić information content (AvgIpc) is 2.77. The fourth-order valence-electron chi connectivity index (χ4n) is 3.83. The van der Waals surface area contributed by atoms with Crippen LogP contribution in [0.1, 0.15) is 31.2 Å². The second-order valence-corrected chi connectivity index (χ2v) is 7.23. The summed E-state index contributed by atoms with van der Waals surface area (Å²) in [5.74, 6) is 2.20. The standard InChI is InChI=1S/C23H30N2O4/c1-27-20-9-6-7-18(16-20)24-23(26)25-14-5-4-8-19(25)12-10-17-11-13-21(28-2)22(15-17)29-3/h6-7,9,11,13,15-16,19H,4-5,8,10,12,14H2,1-3H3,(H,24,26). The summed E-state index contributed by atoms with van der Waals surface area (Å²) in [6, 6.07) is 13.6. The third-order valence-corrected chi connectivity index (χ3v) is 5.42. The summed E-state index contributed by atoms with van der Waals surface area (Å²) in [6.07, 6.45) is 5.02. The van der Waals surface area contributed by atoms with Crippen molar-refractivity contribution in [3.63, 3.8) is 0 Å². The van der Waals surface area contributed by atoms with Gasteiger partial charge in [0, 0.05) is 24.3 Å². The van der Waals surface area contributed by atoms with Gasteiger partial charge in [-0.05, 0) is 61.9 Å². The Morgan fingerprint density at radius 2 is 1.86 bits per heavy atom. The highest BCUT2D eigenvalue weighted by Crippen LogP contribution is 2.29. The van der Waals surface area contributed by atoms with Gasteiger partial charge in [-0.1, -0.05) is 12.1 Å². The summed E-state index contributed by atoms with van der Waals surface area (Å²) in [7, 11) is 4.90. The smallest absolute Gasteiger partial charge is 0.322 e. The highest BCUT2D eigenvalue weighted by molar-refractivity contribution is 5.89. The van der Waals surface area contributed by atoms with E-state index in [0.29, 0.717) is 0 Å². The van der Waals surface area contributed by atoms with Gasteiger partial charge in [0.2, 0.25) is 0 Å². The van der Waals surface area contributed by atoms with Crippen LogP contribution in [0.2, 0.25) is 0 Å². The zero-order valence-electron chi connectivity index (χ0n) is 17.4. The Morgan fingerprint density at radius 3 is 2.62 bits per heavy atom. The summed E-state index contributed by atoms with van der Waals surface area (Å²) < 4.78 is 16.0. The number of rotatable bonds is 7. The van der Waals surface area contributed by atoms with Gasteiger partial charge < -0.3 is 24.4 Å². The number of anilines is 1. The van der Waals surface area contributed by atoms with Crippen molar-refractivity contribution in [2.24, 2.45) is 0 Å². The monoisotopic (exact) mass is 398 g/mol. The molecule has 3 rings (SSSR count). The molecule has 29 heavy (non-hydrogen) atoms. The normalized spacial score (nSPS) is 16.2. The predicted molar refractivity (Wildman–Crippen MR) is 114 cm³/mol. The molecule has 1 N–H and O–H groups in total. The molecule has 1 fully saturated rings. The van der Waals surface area contributed by atoms with Crippen molar-refractivity contribution >= 4 is 11.7 Å². The molecule has 0 spiro atoms. The first-order chi connectivity index (χ1) is 14.1. The van der Waals surface area contributed by atoms with Crippen molar-refractivity contribution < 1.29 is 19.0 Å². The number of urea groups is 1. The summed E-state index contributed by atoms with van der Waals surface area (Å²) in [6.45, 7) is 0.784. The van der Waals surface area contributed by atoms with E-state index in [1.807, 2.05) is 41.3 Å². The second-order valence-electron chi connectivity index (χ2n) is 7.23. The van der Waals surface area contributed by atoms with Crippen LogP contribution in [-0.4, -0.2) is 44.8 Å². The SMILES string of the molecule is COc1cccc(NC(=O)N2CCCCC2CCc2ccc(OC)c(OC)c2)c1. The number of amides is 2. The number of aryl methyl sites for hydroxylation is 1. The largest absolute Gasteiger partial charge is 0.497 e. The number of hydrogen-bond donors (Lipinski definition) is 1. The lowest BCUT2D eigenvalue weighted by molar-refractivity contribution is 0.158. The van der Waals surface area contributed by atoms with Gasteiger partial charge in [0.1, 0.15) is 5.75 Å². The van der Waals surface area contributed by atoms with E-state index in [4.69, 9.17) is 14.2 Å². The summed E-state index contributed by atoms with van der Waals surface area (Å²) in [5, 5.41) is 3.02. The predicted octanol–water partition coefficient (Wildman–Crippen LogP) is 4.73. The first-order valence-corrected chi connectivity index (χ1v) is 10.1. The molecule has 1 aliphatic rings. The van der Waals surface area contributed by atoms with Crippen LogP contribution in [0, 0.1) is 0 Å². The van der Waals surface area contributed by atoms with Gasteiger partial charge in [-0.15, -0.1) is 0 Å². The Bertz CT molecular complexity index is 824. The van der Waals surface area contributed by atoms with E-state index in [0.717, 1.165) is 61.6 Å². The molecule has 0 radical (unpaired) electrons. The van der Waals surface area contributed by atoms with Crippen molar-refractivity contribution in [2.45, 2.75) is 38.1 Å². The molecule has 6 nitrogen and oxygen atoms in total. The van der Waals surface area contributed by atoms with E-state index in [-0.39, 0.29) is 12.1 Å². The van der Waals surface area contributed by atoms with Gasteiger partial charge in [0.15, 0.2) is 11.5 Å². The molecule has 0 aliphatic carbocycles. The van der Waals surface area contributed by atoms with Gasteiger partial charge in [0.05, 0.1) is 21.3 Å². The Hall–Kier alpha value is -2.89. The topological polar surface area (TPSA) is 60.0 Å². The van der Waals surface area contributed by atoms with E-state index in [9.17, 15) is 4.79 Å². The van der Waals surface area contributed by atoms with E-state index in [2.05, 4.69) is 11.4 Å². The van der Waals surface area contributed by atoms with Gasteiger partial charge in [-0.25, -0.2) is 4.79 Å². The maximum Gasteiger partial charge on any atom is 0.322 e. The van der Waals surface area contributed by atoms with Crippen LogP contribution in [0.15, 0.2) is 42.5 Å². The first-order valence-electron chi connectivity index (χ1n) is 10.1. The van der Waals surface area contributed by atoms with Crippen LogP contribution in [0.3, 0.4) is 0 Å².